The molecule has 170 valence electrons. The van der Waals surface area contributed by atoms with Gasteiger partial charge in [-0.05, 0) is 104 Å². The topological polar surface area (TPSA) is 9.23 Å². The highest BCUT2D eigenvalue weighted by Crippen LogP contribution is 2.67. The highest BCUT2D eigenvalue weighted by molar-refractivity contribution is 5.25. The van der Waals surface area contributed by atoms with Crippen LogP contribution in [-0.2, 0) is 4.74 Å². The van der Waals surface area contributed by atoms with Gasteiger partial charge in [0.25, 0.3) is 0 Å². The molecule has 3 saturated carbocycles. The maximum atomic E-state index is 5.75. The summed E-state index contributed by atoms with van der Waals surface area (Å²) in [5.41, 5.74) is 2.76. The van der Waals surface area contributed by atoms with E-state index >= 15 is 0 Å². The smallest absolute Gasteiger partial charge is 0.0608 e. The van der Waals surface area contributed by atoms with Crippen molar-refractivity contribution in [1.29, 1.82) is 0 Å². The Kier molecular flexibility index (Phi) is 6.35. The first kappa shape index (κ1) is 22.6. The first-order valence-electron chi connectivity index (χ1n) is 13.1. The normalized spacial score (nSPS) is 45.6. The molecular weight excluding hydrogens is 364 g/mol. The molecule has 30 heavy (non-hydrogen) atoms. The molecule has 3 fully saturated rings. The van der Waals surface area contributed by atoms with Gasteiger partial charge in [0.2, 0.25) is 0 Å². The molecule has 1 heteroatoms. The van der Waals surface area contributed by atoms with Crippen LogP contribution in [0.1, 0.15) is 92.9 Å². The summed E-state index contributed by atoms with van der Waals surface area (Å²) in [4.78, 5) is 0. The maximum Gasteiger partial charge on any atom is 0.0608 e. The van der Waals surface area contributed by atoms with Crippen molar-refractivity contribution in [1.82, 2.24) is 0 Å². The van der Waals surface area contributed by atoms with Crippen molar-refractivity contribution in [2.45, 2.75) is 99.0 Å². The summed E-state index contributed by atoms with van der Waals surface area (Å²) in [6, 6.07) is 0. The van der Waals surface area contributed by atoms with Crippen molar-refractivity contribution in [3.05, 3.63) is 23.8 Å². The van der Waals surface area contributed by atoms with Gasteiger partial charge in [0.05, 0.1) is 6.10 Å². The molecular formula is C29H48O. The van der Waals surface area contributed by atoms with E-state index in [1.165, 1.54) is 51.4 Å². The van der Waals surface area contributed by atoms with Crippen LogP contribution in [0.25, 0.3) is 0 Å². The predicted octanol–water partition coefficient (Wildman–Crippen LogP) is 8.06. The Balaban J connectivity index is 1.52. The molecule has 9 atom stereocenters. The molecule has 0 spiro atoms. The van der Waals surface area contributed by atoms with Crippen LogP contribution >= 0.6 is 0 Å². The number of methoxy groups -OCH3 is 1. The summed E-state index contributed by atoms with van der Waals surface area (Å²) in [6.45, 7) is 14.9. The third-order valence-electron chi connectivity index (χ3n) is 10.9. The van der Waals surface area contributed by atoms with Crippen LogP contribution in [0.5, 0.6) is 0 Å². The molecule has 0 bridgehead atoms. The first-order chi connectivity index (χ1) is 14.2. The van der Waals surface area contributed by atoms with Crippen molar-refractivity contribution >= 4 is 0 Å². The van der Waals surface area contributed by atoms with Crippen molar-refractivity contribution in [2.75, 3.05) is 7.11 Å². The molecule has 0 N–H and O–H groups in total. The molecule has 1 nitrogen and oxygen atoms in total. The molecule has 0 heterocycles. The van der Waals surface area contributed by atoms with Gasteiger partial charge >= 0.3 is 0 Å². The molecule has 0 saturated heterocycles. The zero-order valence-electron chi connectivity index (χ0n) is 20.9. The Morgan fingerprint density at radius 2 is 1.73 bits per heavy atom. The summed E-state index contributed by atoms with van der Waals surface area (Å²) >= 11 is 0. The molecule has 0 aliphatic heterocycles. The van der Waals surface area contributed by atoms with Gasteiger partial charge in [-0.15, -0.1) is 0 Å². The second-order valence-electron chi connectivity index (χ2n) is 12.4. The van der Waals surface area contributed by atoms with E-state index in [0.29, 0.717) is 22.9 Å². The van der Waals surface area contributed by atoms with E-state index in [4.69, 9.17) is 4.74 Å². The Labute approximate surface area is 187 Å². The van der Waals surface area contributed by atoms with E-state index < -0.39 is 0 Å². The lowest BCUT2D eigenvalue weighted by Gasteiger charge is -2.58. The minimum atomic E-state index is 0.454. The van der Waals surface area contributed by atoms with Gasteiger partial charge in [0.15, 0.2) is 0 Å². The molecule has 4 rings (SSSR count). The SMILES string of the molecule is COC1CC[C@@]2(C)C(=CC[C@H]3[C@@H]4CC[C@H](C(C)/C=C/[C@H](C)C(C)C)[C@@]4(C)CC[C@@H]32)C1. The van der Waals surface area contributed by atoms with Gasteiger partial charge in [0, 0.05) is 7.11 Å². The fraction of sp³-hybridized carbons (Fsp3) is 0.862. The van der Waals surface area contributed by atoms with Gasteiger partial charge < -0.3 is 4.74 Å². The van der Waals surface area contributed by atoms with E-state index in [1.54, 1.807) is 5.57 Å². The van der Waals surface area contributed by atoms with Crippen LogP contribution in [-0.4, -0.2) is 13.2 Å². The minimum absolute atomic E-state index is 0.454. The molecule has 0 aromatic heterocycles. The van der Waals surface area contributed by atoms with Crippen LogP contribution in [0.2, 0.25) is 0 Å². The lowest BCUT2D eigenvalue weighted by atomic mass is 9.47. The Morgan fingerprint density at radius 1 is 0.967 bits per heavy atom. The number of hydrogen-bond acceptors (Lipinski definition) is 1. The van der Waals surface area contributed by atoms with E-state index in [2.05, 4.69) is 59.8 Å². The van der Waals surface area contributed by atoms with E-state index in [9.17, 15) is 0 Å². The quantitative estimate of drug-likeness (QED) is 0.415. The Bertz CT molecular complexity index is 674. The van der Waals surface area contributed by atoms with E-state index in [1.807, 2.05) is 7.11 Å². The fourth-order valence-corrected chi connectivity index (χ4v) is 8.44. The molecule has 0 aromatic rings. The first-order valence-corrected chi connectivity index (χ1v) is 13.1. The zero-order valence-corrected chi connectivity index (χ0v) is 20.9. The zero-order chi connectivity index (χ0) is 21.7. The number of allylic oxidation sites excluding steroid dienone is 3. The molecule has 0 radical (unpaired) electrons. The summed E-state index contributed by atoms with van der Waals surface area (Å²) in [7, 11) is 1.90. The number of fused-ring (bicyclic) bond motifs is 5. The molecule has 2 unspecified atom stereocenters. The number of rotatable bonds is 5. The van der Waals surface area contributed by atoms with Crippen LogP contribution < -0.4 is 0 Å². The van der Waals surface area contributed by atoms with E-state index in [0.717, 1.165) is 35.5 Å². The lowest BCUT2D eigenvalue weighted by molar-refractivity contribution is -0.0572. The second kappa shape index (κ2) is 8.42. The largest absolute Gasteiger partial charge is 0.381 e. The van der Waals surface area contributed by atoms with Crippen LogP contribution in [0.4, 0.5) is 0 Å². The van der Waals surface area contributed by atoms with Gasteiger partial charge in [0.1, 0.15) is 0 Å². The van der Waals surface area contributed by atoms with Crippen molar-refractivity contribution in [3.8, 4) is 0 Å². The Morgan fingerprint density at radius 3 is 2.43 bits per heavy atom. The standard InChI is InChI=1S/C29H48O/c1-19(2)20(3)8-9-21(4)25-12-13-26-24-11-10-22-18-23(30-7)14-16-28(22,5)27(24)15-17-29(25,26)6/h8-10,19-21,23-27H,11-18H2,1-7H3/b9-8+/t20-,21?,23?,24-,25+,26-,27-,28-,29+/m0/s1. The van der Waals surface area contributed by atoms with Crippen molar-refractivity contribution < 1.29 is 4.74 Å². The molecule has 4 aliphatic carbocycles. The summed E-state index contributed by atoms with van der Waals surface area (Å²) in [6.07, 6.45) is 19.2. The average Bonchev–Trinajstić information content (AvgIpc) is 3.08. The van der Waals surface area contributed by atoms with Crippen molar-refractivity contribution in [3.63, 3.8) is 0 Å². The summed E-state index contributed by atoms with van der Waals surface area (Å²) in [5.74, 6) is 5.81. The molecule has 0 aromatic carbocycles. The highest BCUT2D eigenvalue weighted by Gasteiger charge is 2.59. The summed E-state index contributed by atoms with van der Waals surface area (Å²) in [5, 5.41) is 0. The van der Waals surface area contributed by atoms with Crippen molar-refractivity contribution in [2.24, 2.45) is 52.3 Å². The van der Waals surface area contributed by atoms with E-state index in [-0.39, 0.29) is 0 Å². The van der Waals surface area contributed by atoms with Crippen LogP contribution in [0.15, 0.2) is 23.8 Å². The van der Waals surface area contributed by atoms with Gasteiger partial charge in [-0.2, -0.15) is 0 Å². The van der Waals surface area contributed by atoms with Gasteiger partial charge in [-0.25, -0.2) is 0 Å². The van der Waals surface area contributed by atoms with Crippen LogP contribution in [0.3, 0.4) is 0 Å². The minimum Gasteiger partial charge on any atom is -0.381 e. The highest BCUT2D eigenvalue weighted by atomic mass is 16.5. The average molecular weight is 413 g/mol. The molecule has 0 amide bonds. The van der Waals surface area contributed by atoms with Crippen LogP contribution in [0, 0.1) is 52.3 Å². The predicted molar refractivity (Wildman–Crippen MR) is 128 cm³/mol. The number of ether oxygens (including phenoxy) is 1. The third-order valence-corrected chi connectivity index (χ3v) is 10.9. The fourth-order valence-electron chi connectivity index (χ4n) is 8.44. The third kappa shape index (κ3) is 3.66. The van der Waals surface area contributed by atoms with Gasteiger partial charge in [-0.1, -0.05) is 65.3 Å². The monoisotopic (exact) mass is 412 g/mol. The maximum absolute atomic E-state index is 5.75. The van der Waals surface area contributed by atoms with Gasteiger partial charge in [-0.3, -0.25) is 0 Å². The second-order valence-corrected chi connectivity index (χ2v) is 12.4. The Hall–Kier alpha value is -0.560. The number of hydrogen-bond donors (Lipinski definition) is 0. The lowest BCUT2D eigenvalue weighted by Crippen LogP contribution is -2.50. The summed E-state index contributed by atoms with van der Waals surface area (Å²) < 4.78 is 5.75. The molecule has 4 aliphatic rings.